The minimum absolute atomic E-state index is 0.331. The second kappa shape index (κ2) is 8.81. The fourth-order valence-corrected chi connectivity index (χ4v) is 4.73. The van der Waals surface area contributed by atoms with E-state index in [1.807, 2.05) is 11.4 Å². The van der Waals surface area contributed by atoms with Crippen LogP contribution in [-0.4, -0.2) is 31.0 Å². The molecule has 5 rings (SSSR count). The van der Waals surface area contributed by atoms with Crippen molar-refractivity contribution < 1.29 is 19.1 Å². The minimum atomic E-state index is -0.331. The largest absolute Gasteiger partial charge is 0.495 e. The number of anilines is 3. The second-order valence-electron chi connectivity index (χ2n) is 7.39. The highest BCUT2D eigenvalue weighted by atomic mass is 35.5. The normalized spacial score (nSPS) is 12.6. The summed E-state index contributed by atoms with van der Waals surface area (Å²) in [5.74, 6) is 0.398. The number of ether oxygens (including phenoxy) is 2. The van der Waals surface area contributed by atoms with E-state index in [1.54, 1.807) is 68.8 Å². The lowest BCUT2D eigenvalue weighted by molar-refractivity contribution is 0.0926. The molecule has 1 N–H and O–H groups in total. The molecule has 3 aromatic carbocycles. The molecule has 0 unspecified atom stereocenters. The number of thiazole rings is 1. The lowest BCUT2D eigenvalue weighted by atomic mass is 10.1. The van der Waals surface area contributed by atoms with Gasteiger partial charge in [-0.2, -0.15) is 0 Å². The van der Waals surface area contributed by atoms with E-state index in [-0.39, 0.29) is 11.8 Å². The van der Waals surface area contributed by atoms with E-state index in [9.17, 15) is 9.59 Å². The van der Waals surface area contributed by atoms with Crippen molar-refractivity contribution in [3.63, 3.8) is 0 Å². The van der Waals surface area contributed by atoms with Gasteiger partial charge in [0.2, 0.25) is 0 Å². The zero-order valence-electron chi connectivity index (χ0n) is 18.2. The predicted octanol–water partition coefficient (Wildman–Crippen LogP) is 6.02. The molecule has 34 heavy (non-hydrogen) atoms. The molecule has 2 amide bonds. The third kappa shape index (κ3) is 3.76. The van der Waals surface area contributed by atoms with E-state index in [1.165, 1.54) is 16.2 Å². The fraction of sp³-hybridized carbons (Fsp3) is 0.0800. The van der Waals surface area contributed by atoms with E-state index in [0.717, 1.165) is 5.56 Å². The van der Waals surface area contributed by atoms with Crippen LogP contribution < -0.4 is 19.7 Å². The Kier molecular flexibility index (Phi) is 5.69. The van der Waals surface area contributed by atoms with Crippen molar-refractivity contribution in [2.75, 3.05) is 24.4 Å². The van der Waals surface area contributed by atoms with Crippen LogP contribution >= 0.6 is 22.9 Å². The number of carbonyl (C=O) groups excluding carboxylic acids is 2. The highest BCUT2D eigenvalue weighted by Gasteiger charge is 2.36. The zero-order chi connectivity index (χ0) is 23.8. The van der Waals surface area contributed by atoms with E-state index in [4.69, 9.17) is 21.1 Å². The summed E-state index contributed by atoms with van der Waals surface area (Å²) in [5, 5.41) is 6.20. The van der Waals surface area contributed by atoms with Crippen LogP contribution in [0.5, 0.6) is 11.5 Å². The summed E-state index contributed by atoms with van der Waals surface area (Å²) in [6, 6.07) is 17.4. The first-order valence-electron chi connectivity index (χ1n) is 10.2. The van der Waals surface area contributed by atoms with Crippen molar-refractivity contribution in [3.8, 4) is 22.8 Å². The first kappa shape index (κ1) is 21.9. The summed E-state index contributed by atoms with van der Waals surface area (Å²) in [5.41, 5.74) is 3.44. The number of benzene rings is 3. The Labute approximate surface area is 204 Å². The summed E-state index contributed by atoms with van der Waals surface area (Å²) >= 11 is 7.59. The fourth-order valence-electron chi connectivity index (χ4n) is 3.77. The number of methoxy groups -OCH3 is 2. The third-order valence-electron chi connectivity index (χ3n) is 5.41. The highest BCUT2D eigenvalue weighted by molar-refractivity contribution is 7.14. The molecule has 0 aliphatic carbocycles. The Morgan fingerprint density at radius 1 is 0.912 bits per heavy atom. The Balaban J connectivity index is 1.43. The summed E-state index contributed by atoms with van der Waals surface area (Å²) in [6.07, 6.45) is 0. The topological polar surface area (TPSA) is 80.8 Å². The van der Waals surface area contributed by atoms with Gasteiger partial charge in [0.05, 0.1) is 47.4 Å². The first-order chi connectivity index (χ1) is 16.5. The van der Waals surface area contributed by atoms with Crippen molar-refractivity contribution >= 4 is 51.3 Å². The molecule has 0 saturated carbocycles. The smallest absolute Gasteiger partial charge is 0.266 e. The highest BCUT2D eigenvalue weighted by Crippen LogP contribution is 2.39. The van der Waals surface area contributed by atoms with Crippen LogP contribution in [0, 0.1) is 0 Å². The summed E-state index contributed by atoms with van der Waals surface area (Å²) in [6.45, 7) is 0. The average Bonchev–Trinajstić information content (AvgIpc) is 3.43. The minimum Gasteiger partial charge on any atom is -0.495 e. The van der Waals surface area contributed by atoms with Gasteiger partial charge in [0.1, 0.15) is 11.5 Å². The van der Waals surface area contributed by atoms with E-state index >= 15 is 0 Å². The van der Waals surface area contributed by atoms with Gasteiger partial charge in [-0.1, -0.05) is 35.9 Å². The lowest BCUT2D eigenvalue weighted by Gasteiger charge is -2.14. The molecule has 1 aliphatic rings. The molecule has 1 aromatic heterocycles. The van der Waals surface area contributed by atoms with Crippen LogP contribution in [0.4, 0.5) is 16.5 Å². The van der Waals surface area contributed by atoms with Crippen LogP contribution in [0.15, 0.2) is 66.0 Å². The van der Waals surface area contributed by atoms with E-state index in [2.05, 4.69) is 10.3 Å². The quantitative estimate of drug-likeness (QED) is 0.332. The van der Waals surface area contributed by atoms with Gasteiger partial charge in [-0.05, 0) is 24.3 Å². The first-order valence-corrected chi connectivity index (χ1v) is 11.5. The molecule has 170 valence electrons. The van der Waals surface area contributed by atoms with Crippen LogP contribution in [0.3, 0.4) is 0 Å². The number of hydrogen-bond acceptors (Lipinski definition) is 7. The molecule has 0 bridgehead atoms. The number of halogens is 1. The van der Waals surface area contributed by atoms with Crippen LogP contribution in [0.2, 0.25) is 5.02 Å². The molecule has 0 spiro atoms. The number of imide groups is 1. The molecule has 0 fully saturated rings. The number of carbonyl (C=O) groups is 2. The van der Waals surface area contributed by atoms with Crippen molar-refractivity contribution in [1.82, 2.24) is 4.98 Å². The van der Waals surface area contributed by atoms with Gasteiger partial charge in [0.25, 0.3) is 11.8 Å². The maximum atomic E-state index is 12.8. The number of rotatable bonds is 6. The van der Waals surface area contributed by atoms with Crippen LogP contribution in [-0.2, 0) is 0 Å². The number of amides is 2. The van der Waals surface area contributed by atoms with Crippen molar-refractivity contribution in [3.05, 3.63) is 82.2 Å². The van der Waals surface area contributed by atoms with Crippen LogP contribution in [0.1, 0.15) is 20.7 Å². The van der Waals surface area contributed by atoms with Crippen molar-refractivity contribution in [1.29, 1.82) is 0 Å². The van der Waals surface area contributed by atoms with Gasteiger partial charge in [-0.15, -0.1) is 11.3 Å². The summed E-state index contributed by atoms with van der Waals surface area (Å²) in [7, 11) is 3.10. The molecule has 2 heterocycles. The molecule has 4 aromatic rings. The Bertz CT molecular complexity index is 1400. The van der Waals surface area contributed by atoms with Gasteiger partial charge in [0.15, 0.2) is 5.13 Å². The van der Waals surface area contributed by atoms with E-state index in [0.29, 0.717) is 49.8 Å². The van der Waals surface area contributed by atoms with Crippen molar-refractivity contribution in [2.24, 2.45) is 0 Å². The standard InChI is InChI=1S/C25H18ClN3O4S/c1-32-21-12-19(22(33-2)11-18(21)26)27-25-28-20(13-34-25)14-6-5-7-15(10-14)29-23(30)16-8-3-4-9-17(16)24(29)31/h3-13H,1-2H3,(H,27,28). The molecule has 7 nitrogen and oxygen atoms in total. The van der Waals surface area contributed by atoms with Gasteiger partial charge in [-0.3, -0.25) is 9.59 Å². The summed E-state index contributed by atoms with van der Waals surface area (Å²) in [4.78, 5) is 31.6. The maximum absolute atomic E-state index is 12.8. The third-order valence-corrected chi connectivity index (χ3v) is 6.47. The zero-order valence-corrected chi connectivity index (χ0v) is 19.7. The van der Waals surface area contributed by atoms with Gasteiger partial charge in [-0.25, -0.2) is 9.88 Å². The number of hydrogen-bond donors (Lipinski definition) is 1. The molecule has 0 atom stereocenters. The SMILES string of the molecule is COc1cc(Nc2nc(-c3cccc(N4C(=O)c5ccccc5C4=O)c3)cs2)c(OC)cc1Cl. The van der Waals surface area contributed by atoms with Gasteiger partial charge < -0.3 is 14.8 Å². The Morgan fingerprint density at radius 3 is 2.29 bits per heavy atom. The van der Waals surface area contributed by atoms with E-state index < -0.39 is 0 Å². The number of nitrogens with one attached hydrogen (secondary N) is 1. The monoisotopic (exact) mass is 491 g/mol. The number of aromatic nitrogens is 1. The molecule has 0 saturated heterocycles. The van der Waals surface area contributed by atoms with Crippen molar-refractivity contribution in [2.45, 2.75) is 0 Å². The molecule has 1 aliphatic heterocycles. The van der Waals surface area contributed by atoms with Gasteiger partial charge >= 0.3 is 0 Å². The van der Waals surface area contributed by atoms with Crippen LogP contribution in [0.25, 0.3) is 11.3 Å². The maximum Gasteiger partial charge on any atom is 0.266 e. The molecule has 9 heteroatoms. The predicted molar refractivity (Wildman–Crippen MR) is 133 cm³/mol. The second-order valence-corrected chi connectivity index (χ2v) is 8.66. The Hall–Kier alpha value is -3.88. The molecule has 0 radical (unpaired) electrons. The van der Waals surface area contributed by atoms with Gasteiger partial charge in [0, 0.05) is 23.1 Å². The average molecular weight is 492 g/mol. The number of fused-ring (bicyclic) bond motifs is 1. The molecular formula is C25H18ClN3O4S. The number of nitrogens with zero attached hydrogens (tertiary/aromatic N) is 2. The lowest BCUT2D eigenvalue weighted by Crippen LogP contribution is -2.29. The molecular weight excluding hydrogens is 474 g/mol. The Morgan fingerprint density at radius 2 is 1.62 bits per heavy atom. The summed E-state index contributed by atoms with van der Waals surface area (Å²) < 4.78 is 10.7.